The number of rotatable bonds is 2. The van der Waals surface area contributed by atoms with Gasteiger partial charge in [-0.25, -0.2) is 0 Å². The highest BCUT2D eigenvalue weighted by Crippen LogP contribution is 1.80. The molecule has 0 radical (unpaired) electrons. The second-order valence-corrected chi connectivity index (χ2v) is 1.33. The first-order valence-electron chi connectivity index (χ1n) is 2.08. The van der Waals surface area contributed by atoms with Crippen molar-refractivity contribution in [2.75, 3.05) is 0 Å². The Morgan fingerprint density at radius 1 is 2.00 bits per heavy atom. The second-order valence-electron chi connectivity index (χ2n) is 1.33. The summed E-state index contributed by atoms with van der Waals surface area (Å²) in [5, 5.41) is 9.76. The van der Waals surface area contributed by atoms with Gasteiger partial charge in [-0.1, -0.05) is 0 Å². The molecule has 44 valence electrons. The van der Waals surface area contributed by atoms with Gasteiger partial charge in [0.1, 0.15) is 0 Å². The van der Waals surface area contributed by atoms with Crippen LogP contribution in [0.25, 0.3) is 0 Å². The van der Waals surface area contributed by atoms with Crippen LogP contribution < -0.4 is 10.8 Å². The number of hydrogen-bond acceptors (Lipinski definition) is 3. The predicted molar refractivity (Wildman–Crippen MR) is 26.4 cm³/mol. The zero-order valence-electron chi connectivity index (χ0n) is 4.26. The zero-order valence-corrected chi connectivity index (χ0v) is 4.26. The number of carbonyl (C=O) groups excluding carboxylic acids is 1. The molecule has 8 heavy (non-hydrogen) atoms. The van der Waals surface area contributed by atoms with Gasteiger partial charge >= 0.3 is 0 Å². The Bertz CT molecular complexity index is 125. The Morgan fingerprint density at radius 3 is 2.62 bits per heavy atom. The van der Waals surface area contributed by atoms with Crippen LogP contribution in [-0.4, -0.2) is 12.0 Å². The molecule has 0 aliphatic rings. The van der Waals surface area contributed by atoms with Crippen molar-refractivity contribution in [2.45, 2.75) is 12.5 Å². The fourth-order valence-corrected chi connectivity index (χ4v) is 0.210. The maximum atomic E-state index is 9.76. The molecular weight excluding hydrogens is 106 g/mol. The van der Waals surface area contributed by atoms with E-state index < -0.39 is 12.0 Å². The fraction of sp³-hybridized carbons (Fsp3) is 0.400. The van der Waals surface area contributed by atoms with Gasteiger partial charge in [0.05, 0.1) is 12.0 Å². The van der Waals surface area contributed by atoms with E-state index in [-0.39, 0.29) is 6.42 Å². The average molecular weight is 112 g/mol. The van der Waals surface area contributed by atoms with E-state index in [0.29, 0.717) is 0 Å². The lowest BCUT2D eigenvalue weighted by atomic mass is 10.2. The van der Waals surface area contributed by atoms with Crippen molar-refractivity contribution in [2.24, 2.45) is 5.73 Å². The Morgan fingerprint density at radius 2 is 2.50 bits per heavy atom. The van der Waals surface area contributed by atoms with Gasteiger partial charge in [-0.15, -0.1) is 12.3 Å². The van der Waals surface area contributed by atoms with Crippen molar-refractivity contribution in [1.29, 1.82) is 0 Å². The Hall–Kier alpha value is -1.01. The molecule has 3 heteroatoms. The zero-order chi connectivity index (χ0) is 6.57. The van der Waals surface area contributed by atoms with Crippen molar-refractivity contribution in [3.05, 3.63) is 0 Å². The number of carboxylic acid groups (broad SMARTS) is 1. The molecule has 1 unspecified atom stereocenters. The van der Waals surface area contributed by atoms with Crippen molar-refractivity contribution in [1.82, 2.24) is 0 Å². The minimum Gasteiger partial charge on any atom is -0.548 e. The Kier molecular flexibility index (Phi) is 2.67. The van der Waals surface area contributed by atoms with Gasteiger partial charge in [-0.2, -0.15) is 0 Å². The molecule has 0 aromatic rings. The topological polar surface area (TPSA) is 66.2 Å². The van der Waals surface area contributed by atoms with Gasteiger partial charge in [0.25, 0.3) is 0 Å². The number of carboxylic acids is 1. The molecule has 3 nitrogen and oxygen atoms in total. The molecule has 0 fully saturated rings. The van der Waals surface area contributed by atoms with E-state index >= 15 is 0 Å². The summed E-state index contributed by atoms with van der Waals surface area (Å²) < 4.78 is 0. The summed E-state index contributed by atoms with van der Waals surface area (Å²) in [5.74, 6) is 0.800. The van der Waals surface area contributed by atoms with Crippen LogP contribution in [0, 0.1) is 12.3 Å². The second kappa shape index (κ2) is 3.05. The SMILES string of the molecule is C#CCC(N)C(=O)[O-]. The highest BCUT2D eigenvalue weighted by molar-refractivity contribution is 5.71. The van der Waals surface area contributed by atoms with Gasteiger partial charge in [-0.3, -0.25) is 0 Å². The summed E-state index contributed by atoms with van der Waals surface area (Å²) in [6.07, 6.45) is 4.78. The van der Waals surface area contributed by atoms with Gasteiger partial charge in [0, 0.05) is 6.42 Å². The molecular formula is C5H6NO2-. The Labute approximate surface area is 47.5 Å². The largest absolute Gasteiger partial charge is 0.548 e. The van der Waals surface area contributed by atoms with Crippen LogP contribution in [0.1, 0.15) is 6.42 Å². The highest BCUT2D eigenvalue weighted by Gasteiger charge is 1.97. The first-order valence-corrected chi connectivity index (χ1v) is 2.08. The molecule has 0 saturated heterocycles. The lowest BCUT2D eigenvalue weighted by Gasteiger charge is -2.06. The van der Waals surface area contributed by atoms with Crippen LogP contribution in [0.5, 0.6) is 0 Å². The van der Waals surface area contributed by atoms with E-state index in [1.165, 1.54) is 0 Å². The van der Waals surface area contributed by atoms with Crippen molar-refractivity contribution >= 4 is 5.97 Å². The van der Waals surface area contributed by atoms with E-state index in [1.54, 1.807) is 0 Å². The smallest absolute Gasteiger partial charge is 0.0591 e. The van der Waals surface area contributed by atoms with E-state index in [1.807, 2.05) is 0 Å². The summed E-state index contributed by atoms with van der Waals surface area (Å²) in [4.78, 5) is 9.76. The fourth-order valence-electron chi connectivity index (χ4n) is 0.210. The average Bonchev–Trinajstić information content (AvgIpc) is 1.67. The monoisotopic (exact) mass is 112 g/mol. The minimum absolute atomic E-state index is 0.0301. The summed E-state index contributed by atoms with van der Waals surface area (Å²) in [5.41, 5.74) is 4.92. The summed E-state index contributed by atoms with van der Waals surface area (Å²) in [7, 11) is 0. The van der Waals surface area contributed by atoms with E-state index in [9.17, 15) is 9.90 Å². The van der Waals surface area contributed by atoms with Gasteiger partial charge in [0.15, 0.2) is 0 Å². The number of carbonyl (C=O) groups is 1. The molecule has 0 saturated carbocycles. The normalized spacial score (nSPS) is 12.0. The van der Waals surface area contributed by atoms with Crippen LogP contribution in [0.2, 0.25) is 0 Å². The van der Waals surface area contributed by atoms with E-state index in [0.717, 1.165) is 0 Å². The first kappa shape index (κ1) is 6.99. The van der Waals surface area contributed by atoms with Gasteiger partial charge in [0.2, 0.25) is 0 Å². The number of terminal acetylenes is 1. The maximum Gasteiger partial charge on any atom is 0.0591 e. The van der Waals surface area contributed by atoms with E-state index in [4.69, 9.17) is 12.2 Å². The quantitative estimate of drug-likeness (QED) is 0.424. The predicted octanol–water partition coefficient (Wildman–Crippen LogP) is -1.91. The number of hydrogen-bond donors (Lipinski definition) is 1. The molecule has 0 aromatic carbocycles. The summed E-state index contributed by atoms with van der Waals surface area (Å²) >= 11 is 0. The lowest BCUT2D eigenvalue weighted by molar-refractivity contribution is -0.307. The maximum absolute atomic E-state index is 9.76. The molecule has 2 N–H and O–H groups in total. The van der Waals surface area contributed by atoms with Crippen LogP contribution in [0.4, 0.5) is 0 Å². The number of aliphatic carboxylic acids is 1. The molecule has 0 spiro atoms. The minimum atomic E-state index is -1.30. The van der Waals surface area contributed by atoms with Crippen LogP contribution in [-0.2, 0) is 4.79 Å². The van der Waals surface area contributed by atoms with E-state index in [2.05, 4.69) is 5.92 Å². The van der Waals surface area contributed by atoms with Crippen molar-refractivity contribution in [3.63, 3.8) is 0 Å². The van der Waals surface area contributed by atoms with Gasteiger partial charge in [-0.05, 0) is 0 Å². The molecule has 0 amide bonds. The highest BCUT2D eigenvalue weighted by atomic mass is 16.4. The third kappa shape index (κ3) is 2.21. The molecule has 1 atom stereocenters. The molecule has 0 aliphatic carbocycles. The summed E-state index contributed by atoms with van der Waals surface area (Å²) in [6.45, 7) is 0. The third-order valence-corrected chi connectivity index (χ3v) is 0.641. The van der Waals surface area contributed by atoms with Gasteiger partial charge < -0.3 is 15.6 Å². The van der Waals surface area contributed by atoms with Crippen molar-refractivity contribution in [3.8, 4) is 12.3 Å². The molecule has 0 aromatic heterocycles. The Balaban J connectivity index is 3.52. The lowest BCUT2D eigenvalue weighted by Crippen LogP contribution is -2.41. The van der Waals surface area contributed by atoms with Crippen molar-refractivity contribution < 1.29 is 9.90 Å². The number of nitrogens with two attached hydrogens (primary N) is 1. The first-order chi connectivity index (χ1) is 3.68. The van der Waals surface area contributed by atoms with Crippen LogP contribution in [0.15, 0.2) is 0 Å². The van der Waals surface area contributed by atoms with Crippen LogP contribution >= 0.6 is 0 Å². The molecule has 0 heterocycles. The summed E-state index contributed by atoms with van der Waals surface area (Å²) in [6, 6.07) is -1.01. The molecule has 0 bridgehead atoms. The third-order valence-electron chi connectivity index (χ3n) is 0.641. The standard InChI is InChI=1S/C5H7NO2/c1-2-3-4(6)5(7)8/h1,4H,3,6H2,(H,7,8)/p-1. The molecule has 0 aliphatic heterocycles. The van der Waals surface area contributed by atoms with Crippen LogP contribution in [0.3, 0.4) is 0 Å². The molecule has 0 rings (SSSR count).